The van der Waals surface area contributed by atoms with Crippen LogP contribution >= 0.6 is 0 Å². The summed E-state index contributed by atoms with van der Waals surface area (Å²) < 4.78 is 5.27. The zero-order valence-corrected chi connectivity index (χ0v) is 16.1. The summed E-state index contributed by atoms with van der Waals surface area (Å²) in [6.07, 6.45) is 7.90. The minimum Gasteiger partial charge on any atom is -0.461 e. The van der Waals surface area contributed by atoms with Crippen molar-refractivity contribution in [2.45, 2.75) is 64.4 Å². The molecule has 0 saturated carbocycles. The van der Waals surface area contributed by atoms with Crippen LogP contribution in [0, 0.1) is 0 Å². The number of ketones is 1. The third-order valence-electron chi connectivity index (χ3n) is 4.57. The van der Waals surface area contributed by atoms with Crippen LogP contribution in [-0.2, 0) is 27.4 Å². The summed E-state index contributed by atoms with van der Waals surface area (Å²) in [5.41, 5.74) is 2.12. The smallest absolute Gasteiger partial charge is 0.306 e. The fourth-order valence-electron chi connectivity index (χ4n) is 3.02. The summed E-state index contributed by atoms with van der Waals surface area (Å²) in [4.78, 5) is 23.7. The lowest BCUT2D eigenvalue weighted by molar-refractivity contribution is -0.145. The molecule has 0 N–H and O–H groups in total. The maximum atomic E-state index is 11.9. The van der Waals surface area contributed by atoms with E-state index in [1.807, 2.05) is 60.7 Å². The molecule has 0 bridgehead atoms. The van der Waals surface area contributed by atoms with Gasteiger partial charge < -0.3 is 4.74 Å². The second kappa shape index (κ2) is 12.9. The number of carbonyl (C=O) groups is 2. The van der Waals surface area contributed by atoms with Crippen molar-refractivity contribution in [3.63, 3.8) is 0 Å². The van der Waals surface area contributed by atoms with Crippen LogP contribution in [0.25, 0.3) is 0 Å². The number of esters is 1. The summed E-state index contributed by atoms with van der Waals surface area (Å²) in [5.74, 6) is 0.202. The average molecular weight is 367 g/mol. The van der Waals surface area contributed by atoms with Gasteiger partial charge in [0.05, 0.1) is 0 Å². The summed E-state index contributed by atoms with van der Waals surface area (Å²) in [6, 6.07) is 19.7. The van der Waals surface area contributed by atoms with Crippen molar-refractivity contribution in [1.82, 2.24) is 0 Å². The van der Waals surface area contributed by atoms with E-state index >= 15 is 0 Å². The van der Waals surface area contributed by atoms with Gasteiger partial charge in [-0.25, -0.2) is 0 Å². The summed E-state index contributed by atoms with van der Waals surface area (Å²) in [7, 11) is 0. The van der Waals surface area contributed by atoms with Crippen molar-refractivity contribution in [2.24, 2.45) is 0 Å². The molecule has 2 rings (SSSR count). The average Bonchev–Trinajstić information content (AvgIpc) is 2.70. The molecule has 0 amide bonds. The molecule has 3 nitrogen and oxygen atoms in total. The van der Waals surface area contributed by atoms with Crippen LogP contribution in [0.3, 0.4) is 0 Å². The Bertz CT molecular complexity index is 665. The molecule has 0 fully saturated rings. The first-order valence-electron chi connectivity index (χ1n) is 9.99. The minimum atomic E-state index is -0.120. The highest BCUT2D eigenvalue weighted by atomic mass is 16.5. The van der Waals surface area contributed by atoms with Gasteiger partial charge in [-0.15, -0.1) is 0 Å². The van der Waals surface area contributed by atoms with Crippen LogP contribution in [0.1, 0.15) is 62.5 Å². The predicted molar refractivity (Wildman–Crippen MR) is 108 cm³/mol. The lowest BCUT2D eigenvalue weighted by Gasteiger charge is -2.05. The van der Waals surface area contributed by atoms with Crippen molar-refractivity contribution in [2.75, 3.05) is 0 Å². The van der Waals surface area contributed by atoms with Gasteiger partial charge in [0, 0.05) is 19.3 Å². The minimum absolute atomic E-state index is 0.120. The van der Waals surface area contributed by atoms with E-state index in [9.17, 15) is 9.59 Å². The van der Waals surface area contributed by atoms with E-state index in [0.717, 1.165) is 49.7 Å². The van der Waals surface area contributed by atoms with Crippen molar-refractivity contribution >= 4 is 11.8 Å². The Morgan fingerprint density at radius 1 is 0.630 bits per heavy atom. The number of ether oxygens (including phenoxy) is 1. The second-order valence-corrected chi connectivity index (χ2v) is 6.97. The SMILES string of the molecule is O=C(CCCCCCCCC(=O)OCc1ccccc1)Cc1ccccc1. The largest absolute Gasteiger partial charge is 0.461 e. The molecule has 0 radical (unpaired) electrons. The van der Waals surface area contributed by atoms with E-state index in [0.29, 0.717) is 31.7 Å². The van der Waals surface area contributed by atoms with Gasteiger partial charge >= 0.3 is 5.97 Å². The summed E-state index contributed by atoms with van der Waals surface area (Å²) in [5, 5.41) is 0. The number of rotatable bonds is 13. The quantitative estimate of drug-likeness (QED) is 0.339. The molecule has 0 saturated heterocycles. The van der Waals surface area contributed by atoms with E-state index < -0.39 is 0 Å². The molecular weight excluding hydrogens is 336 g/mol. The molecule has 0 aliphatic rings. The standard InChI is InChI=1S/C24H30O3/c25-23(19-21-13-7-5-8-14-21)17-11-3-1-2-4-12-18-24(26)27-20-22-15-9-6-10-16-22/h5-10,13-16H,1-4,11-12,17-20H2. The van der Waals surface area contributed by atoms with E-state index in [4.69, 9.17) is 4.74 Å². The zero-order chi connectivity index (χ0) is 19.2. The first kappa shape index (κ1) is 20.9. The van der Waals surface area contributed by atoms with Gasteiger partial charge in [-0.2, -0.15) is 0 Å². The fraction of sp³-hybridized carbons (Fsp3) is 0.417. The van der Waals surface area contributed by atoms with Gasteiger partial charge in [-0.3, -0.25) is 9.59 Å². The van der Waals surface area contributed by atoms with Crippen LogP contribution in [0.4, 0.5) is 0 Å². The van der Waals surface area contributed by atoms with Crippen molar-refractivity contribution in [3.05, 3.63) is 71.8 Å². The van der Waals surface area contributed by atoms with Gasteiger partial charge in [0.2, 0.25) is 0 Å². The van der Waals surface area contributed by atoms with Gasteiger partial charge in [0.15, 0.2) is 0 Å². The van der Waals surface area contributed by atoms with Crippen LogP contribution in [-0.4, -0.2) is 11.8 Å². The van der Waals surface area contributed by atoms with E-state index in [1.165, 1.54) is 0 Å². The third kappa shape index (κ3) is 9.74. The Labute approximate surface area is 162 Å². The van der Waals surface area contributed by atoms with E-state index in [2.05, 4.69) is 0 Å². The van der Waals surface area contributed by atoms with Gasteiger partial charge in [0.25, 0.3) is 0 Å². The molecule has 0 spiro atoms. The lowest BCUT2D eigenvalue weighted by Crippen LogP contribution is -2.04. The topological polar surface area (TPSA) is 43.4 Å². The fourth-order valence-corrected chi connectivity index (χ4v) is 3.02. The normalized spacial score (nSPS) is 10.5. The van der Waals surface area contributed by atoms with Gasteiger partial charge in [-0.1, -0.05) is 86.3 Å². The maximum absolute atomic E-state index is 11.9. The van der Waals surface area contributed by atoms with Crippen molar-refractivity contribution in [1.29, 1.82) is 0 Å². The molecule has 0 atom stereocenters. The Balaban J connectivity index is 1.41. The number of unbranched alkanes of at least 4 members (excludes halogenated alkanes) is 5. The van der Waals surface area contributed by atoms with Gasteiger partial charge in [-0.05, 0) is 24.0 Å². The van der Waals surface area contributed by atoms with Crippen LogP contribution < -0.4 is 0 Å². The van der Waals surface area contributed by atoms with Crippen molar-refractivity contribution < 1.29 is 14.3 Å². The Kier molecular flexibility index (Phi) is 9.95. The molecule has 0 heterocycles. The molecule has 0 aliphatic carbocycles. The Hall–Kier alpha value is -2.42. The molecule has 0 aliphatic heterocycles. The molecule has 0 aromatic heterocycles. The molecule has 2 aromatic rings. The van der Waals surface area contributed by atoms with Crippen molar-refractivity contribution in [3.8, 4) is 0 Å². The molecule has 0 unspecified atom stereocenters. The number of benzene rings is 2. The van der Waals surface area contributed by atoms with Crippen LogP contribution in [0.5, 0.6) is 0 Å². The Morgan fingerprint density at radius 3 is 1.78 bits per heavy atom. The van der Waals surface area contributed by atoms with E-state index in [-0.39, 0.29) is 5.97 Å². The van der Waals surface area contributed by atoms with Crippen LogP contribution in [0.2, 0.25) is 0 Å². The third-order valence-corrected chi connectivity index (χ3v) is 4.57. The maximum Gasteiger partial charge on any atom is 0.306 e. The highest BCUT2D eigenvalue weighted by molar-refractivity contribution is 5.80. The highest BCUT2D eigenvalue weighted by Crippen LogP contribution is 2.11. The number of Topliss-reactive ketones (excluding diaryl/α,β-unsaturated/α-hetero) is 1. The lowest BCUT2D eigenvalue weighted by atomic mass is 10.0. The predicted octanol–water partition coefficient (Wildman–Crippen LogP) is 5.66. The Morgan fingerprint density at radius 2 is 1.15 bits per heavy atom. The summed E-state index contributed by atoms with van der Waals surface area (Å²) in [6.45, 7) is 0.358. The van der Waals surface area contributed by atoms with Crippen LogP contribution in [0.15, 0.2) is 60.7 Å². The highest BCUT2D eigenvalue weighted by Gasteiger charge is 2.05. The molecule has 144 valence electrons. The first-order valence-corrected chi connectivity index (χ1v) is 9.99. The molecule has 27 heavy (non-hydrogen) atoms. The molecular formula is C24H30O3. The first-order chi connectivity index (χ1) is 13.2. The van der Waals surface area contributed by atoms with E-state index in [1.54, 1.807) is 0 Å². The number of hydrogen-bond acceptors (Lipinski definition) is 3. The monoisotopic (exact) mass is 366 g/mol. The molecule has 2 aromatic carbocycles. The zero-order valence-electron chi connectivity index (χ0n) is 16.1. The van der Waals surface area contributed by atoms with Gasteiger partial charge in [0.1, 0.15) is 12.4 Å². The number of carbonyl (C=O) groups excluding carboxylic acids is 2. The number of hydrogen-bond donors (Lipinski definition) is 0. The summed E-state index contributed by atoms with van der Waals surface area (Å²) >= 11 is 0. The second-order valence-electron chi connectivity index (χ2n) is 6.97. The molecule has 3 heteroatoms.